The molecule has 0 saturated carbocycles. The number of halogens is 1. The Kier molecular flexibility index (Phi) is 6.93. The molecule has 2 unspecified atom stereocenters. The third-order valence-electron chi connectivity index (χ3n) is 4.17. The van der Waals surface area contributed by atoms with E-state index < -0.39 is 4.92 Å². The standard InChI is InChI=1S/C15H21N3O4.ClH/c1-10-7-11(3-4-14(10)18(20)21)15(19)17-6-5-13(22-2)8-12(17)9-16;/h3-4,7,12-13H,5-6,8-9,16H2,1-2H3;1H. The number of carbonyl (C=O) groups is 1. The number of hydrogen-bond donors (Lipinski definition) is 1. The fourth-order valence-electron chi connectivity index (χ4n) is 2.88. The minimum atomic E-state index is -0.448. The molecule has 1 fully saturated rings. The van der Waals surface area contributed by atoms with Crippen LogP contribution >= 0.6 is 12.4 Å². The van der Waals surface area contributed by atoms with Gasteiger partial charge in [-0.3, -0.25) is 14.9 Å². The molecule has 1 aliphatic heterocycles. The van der Waals surface area contributed by atoms with Gasteiger partial charge in [0.15, 0.2) is 0 Å². The lowest BCUT2D eigenvalue weighted by Gasteiger charge is -2.38. The molecule has 0 aliphatic carbocycles. The first-order chi connectivity index (χ1) is 10.5. The van der Waals surface area contributed by atoms with Crippen LogP contribution in [0.5, 0.6) is 0 Å². The van der Waals surface area contributed by atoms with Crippen molar-refractivity contribution in [3.05, 3.63) is 39.4 Å². The van der Waals surface area contributed by atoms with Crippen molar-refractivity contribution < 1.29 is 14.5 Å². The van der Waals surface area contributed by atoms with Crippen LogP contribution in [0.1, 0.15) is 28.8 Å². The Bertz CT molecular complexity index is 582. The molecule has 8 heteroatoms. The summed E-state index contributed by atoms with van der Waals surface area (Å²) in [5.74, 6) is -0.136. The molecular formula is C15H22ClN3O4. The number of likely N-dealkylation sites (tertiary alicyclic amines) is 1. The van der Waals surface area contributed by atoms with E-state index in [1.54, 1.807) is 25.0 Å². The Balaban J connectivity index is 0.00000264. The van der Waals surface area contributed by atoms with E-state index in [4.69, 9.17) is 10.5 Å². The molecule has 0 radical (unpaired) electrons. The predicted octanol–water partition coefficient (Wildman–Crippen LogP) is 1.90. The van der Waals surface area contributed by atoms with Gasteiger partial charge in [-0.15, -0.1) is 12.4 Å². The molecule has 1 aromatic rings. The Labute approximate surface area is 141 Å². The van der Waals surface area contributed by atoms with Crippen LogP contribution in [0.25, 0.3) is 0 Å². The lowest BCUT2D eigenvalue weighted by atomic mass is 9.97. The number of amides is 1. The van der Waals surface area contributed by atoms with Crippen LogP contribution in [0.3, 0.4) is 0 Å². The second-order valence-electron chi connectivity index (χ2n) is 5.53. The van der Waals surface area contributed by atoms with Crippen molar-refractivity contribution in [1.82, 2.24) is 4.90 Å². The largest absolute Gasteiger partial charge is 0.381 e. The summed E-state index contributed by atoms with van der Waals surface area (Å²) < 4.78 is 5.35. The van der Waals surface area contributed by atoms with Crippen molar-refractivity contribution in [2.24, 2.45) is 5.73 Å². The third kappa shape index (κ3) is 4.19. The predicted molar refractivity (Wildman–Crippen MR) is 89.0 cm³/mol. The number of carbonyl (C=O) groups excluding carboxylic acids is 1. The molecule has 0 spiro atoms. The molecule has 23 heavy (non-hydrogen) atoms. The zero-order valence-electron chi connectivity index (χ0n) is 13.2. The van der Waals surface area contributed by atoms with Crippen LogP contribution in [0.15, 0.2) is 18.2 Å². The van der Waals surface area contributed by atoms with E-state index in [0.29, 0.717) is 30.6 Å². The molecule has 2 N–H and O–H groups in total. The molecule has 128 valence electrons. The van der Waals surface area contributed by atoms with E-state index in [1.165, 1.54) is 12.1 Å². The van der Waals surface area contributed by atoms with Crippen molar-refractivity contribution in [2.45, 2.75) is 31.9 Å². The van der Waals surface area contributed by atoms with Gasteiger partial charge in [0, 0.05) is 43.4 Å². The fourth-order valence-corrected chi connectivity index (χ4v) is 2.88. The number of rotatable bonds is 4. The summed E-state index contributed by atoms with van der Waals surface area (Å²) in [4.78, 5) is 24.8. The number of nitrogens with zero attached hydrogens (tertiary/aromatic N) is 2. The quantitative estimate of drug-likeness (QED) is 0.665. The van der Waals surface area contributed by atoms with Gasteiger partial charge in [0.25, 0.3) is 11.6 Å². The van der Waals surface area contributed by atoms with Crippen LogP contribution < -0.4 is 5.73 Å². The molecular weight excluding hydrogens is 322 g/mol. The summed E-state index contributed by atoms with van der Waals surface area (Å²) in [5, 5.41) is 10.9. The molecule has 1 aromatic carbocycles. The highest BCUT2D eigenvalue weighted by Crippen LogP contribution is 2.24. The second kappa shape index (κ2) is 8.24. The van der Waals surface area contributed by atoms with Gasteiger partial charge in [-0.25, -0.2) is 0 Å². The number of ether oxygens (including phenoxy) is 1. The number of methoxy groups -OCH3 is 1. The smallest absolute Gasteiger partial charge is 0.272 e. The molecule has 2 atom stereocenters. The highest BCUT2D eigenvalue weighted by Gasteiger charge is 2.31. The number of benzene rings is 1. The van der Waals surface area contributed by atoms with Crippen molar-refractivity contribution >= 4 is 24.0 Å². The van der Waals surface area contributed by atoms with E-state index in [1.807, 2.05) is 0 Å². The first-order valence-electron chi connectivity index (χ1n) is 7.26. The Hall–Kier alpha value is -1.70. The number of nitrogens with two attached hydrogens (primary N) is 1. The number of aryl methyl sites for hydroxylation is 1. The summed E-state index contributed by atoms with van der Waals surface area (Å²) in [6.07, 6.45) is 1.60. The maximum Gasteiger partial charge on any atom is 0.272 e. The monoisotopic (exact) mass is 343 g/mol. The summed E-state index contributed by atoms with van der Waals surface area (Å²) in [6, 6.07) is 4.38. The van der Waals surface area contributed by atoms with Gasteiger partial charge in [0.05, 0.1) is 11.0 Å². The van der Waals surface area contributed by atoms with E-state index in [9.17, 15) is 14.9 Å². The Morgan fingerprint density at radius 3 is 2.74 bits per heavy atom. The summed E-state index contributed by atoms with van der Waals surface area (Å²) >= 11 is 0. The second-order valence-corrected chi connectivity index (χ2v) is 5.53. The van der Waals surface area contributed by atoms with Gasteiger partial charge in [-0.1, -0.05) is 0 Å². The maximum absolute atomic E-state index is 12.7. The highest BCUT2D eigenvalue weighted by atomic mass is 35.5. The SMILES string of the molecule is COC1CCN(C(=O)c2ccc([N+](=O)[O-])c(C)c2)C(CN)C1.Cl. The van der Waals surface area contributed by atoms with Gasteiger partial charge in [-0.05, 0) is 31.9 Å². The molecule has 0 bridgehead atoms. The van der Waals surface area contributed by atoms with Gasteiger partial charge in [0.2, 0.25) is 0 Å². The first-order valence-corrected chi connectivity index (χ1v) is 7.26. The lowest BCUT2D eigenvalue weighted by Crippen LogP contribution is -2.51. The van der Waals surface area contributed by atoms with Gasteiger partial charge < -0.3 is 15.4 Å². The molecule has 7 nitrogen and oxygen atoms in total. The minimum absolute atomic E-state index is 0. The topological polar surface area (TPSA) is 98.7 Å². The summed E-state index contributed by atoms with van der Waals surface area (Å²) in [7, 11) is 1.66. The van der Waals surface area contributed by atoms with Crippen LogP contribution in [0, 0.1) is 17.0 Å². The highest BCUT2D eigenvalue weighted by molar-refractivity contribution is 5.95. The van der Waals surface area contributed by atoms with E-state index in [0.717, 1.165) is 6.42 Å². The van der Waals surface area contributed by atoms with E-state index in [2.05, 4.69) is 0 Å². The minimum Gasteiger partial charge on any atom is -0.381 e. The van der Waals surface area contributed by atoms with Crippen LogP contribution in [-0.4, -0.2) is 48.1 Å². The zero-order valence-corrected chi connectivity index (χ0v) is 14.0. The summed E-state index contributed by atoms with van der Waals surface area (Å²) in [5.41, 5.74) is 6.73. The third-order valence-corrected chi connectivity index (χ3v) is 4.17. The molecule has 1 amide bonds. The summed E-state index contributed by atoms with van der Waals surface area (Å²) in [6.45, 7) is 2.58. The van der Waals surface area contributed by atoms with Crippen LogP contribution in [-0.2, 0) is 4.74 Å². The number of hydrogen-bond acceptors (Lipinski definition) is 5. The first kappa shape index (κ1) is 19.3. The van der Waals surface area contributed by atoms with Gasteiger partial charge in [0.1, 0.15) is 0 Å². The van der Waals surface area contributed by atoms with Crippen molar-refractivity contribution in [1.29, 1.82) is 0 Å². The molecule has 0 aromatic heterocycles. The lowest BCUT2D eigenvalue weighted by molar-refractivity contribution is -0.385. The van der Waals surface area contributed by atoms with Crippen LogP contribution in [0.2, 0.25) is 0 Å². The average Bonchev–Trinajstić information content (AvgIpc) is 2.53. The average molecular weight is 344 g/mol. The molecule has 1 saturated heterocycles. The number of piperidine rings is 1. The number of nitro groups is 1. The Morgan fingerprint density at radius 1 is 1.52 bits per heavy atom. The van der Waals surface area contributed by atoms with E-state index >= 15 is 0 Å². The van der Waals surface area contributed by atoms with Gasteiger partial charge in [-0.2, -0.15) is 0 Å². The normalized spacial score (nSPS) is 20.7. The van der Waals surface area contributed by atoms with Crippen molar-refractivity contribution in [2.75, 3.05) is 20.2 Å². The van der Waals surface area contributed by atoms with Crippen molar-refractivity contribution in [3.8, 4) is 0 Å². The van der Waals surface area contributed by atoms with Crippen LogP contribution in [0.4, 0.5) is 5.69 Å². The Morgan fingerprint density at radius 2 is 2.22 bits per heavy atom. The number of nitro benzene ring substituents is 1. The maximum atomic E-state index is 12.7. The fraction of sp³-hybridized carbons (Fsp3) is 0.533. The van der Waals surface area contributed by atoms with E-state index in [-0.39, 0.29) is 36.1 Å². The van der Waals surface area contributed by atoms with Crippen molar-refractivity contribution in [3.63, 3.8) is 0 Å². The molecule has 1 aliphatic rings. The molecule has 1 heterocycles. The molecule has 2 rings (SSSR count). The zero-order chi connectivity index (χ0) is 16.3. The van der Waals surface area contributed by atoms with Gasteiger partial charge >= 0.3 is 0 Å².